The van der Waals surface area contributed by atoms with Gasteiger partial charge in [0.05, 0.1) is 24.0 Å². The first-order valence-electron chi connectivity index (χ1n) is 5.71. The zero-order valence-electron chi connectivity index (χ0n) is 10.3. The quantitative estimate of drug-likeness (QED) is 0.478. The predicted octanol–water partition coefficient (Wildman–Crippen LogP) is 2.25. The first kappa shape index (κ1) is 12.9. The van der Waals surface area contributed by atoms with Crippen molar-refractivity contribution in [2.45, 2.75) is 12.8 Å². The Labute approximate surface area is 109 Å². The van der Waals surface area contributed by atoms with Gasteiger partial charge in [-0.2, -0.15) is 0 Å². The number of nitrogens with zero attached hydrogens (tertiary/aromatic N) is 2. The maximum absolute atomic E-state index is 11.0. The van der Waals surface area contributed by atoms with Crippen molar-refractivity contribution in [3.05, 3.63) is 46.1 Å². The summed E-state index contributed by atoms with van der Waals surface area (Å²) in [6.45, 7) is 0. The van der Waals surface area contributed by atoms with E-state index in [9.17, 15) is 14.9 Å². The number of ether oxygens (including phenoxy) is 1. The molecule has 6 nitrogen and oxygen atoms in total. The lowest BCUT2D eigenvalue weighted by atomic mass is 10.1. The van der Waals surface area contributed by atoms with Gasteiger partial charge < -0.3 is 4.74 Å². The smallest absolute Gasteiger partial charge is 0.305 e. The Morgan fingerprint density at radius 3 is 2.84 bits per heavy atom. The fourth-order valence-corrected chi connectivity index (χ4v) is 1.74. The van der Waals surface area contributed by atoms with Gasteiger partial charge in [0.25, 0.3) is 5.69 Å². The van der Waals surface area contributed by atoms with E-state index in [0.717, 1.165) is 5.69 Å². The molecule has 19 heavy (non-hydrogen) atoms. The number of rotatable bonds is 4. The largest absolute Gasteiger partial charge is 0.469 e. The standard InChI is InChI=1S/C13H12N2O4/c1-19-13(16)7-4-10-3-2-9-8-11(15(17)18)5-6-12(9)14-10/h2-3,5-6,8H,4,7H2,1H3. The van der Waals surface area contributed by atoms with E-state index >= 15 is 0 Å². The highest BCUT2D eigenvalue weighted by molar-refractivity contribution is 5.81. The molecule has 0 aliphatic carbocycles. The normalized spacial score (nSPS) is 10.4. The molecular weight excluding hydrogens is 248 g/mol. The van der Waals surface area contributed by atoms with Gasteiger partial charge in [0.2, 0.25) is 0 Å². The van der Waals surface area contributed by atoms with Crippen molar-refractivity contribution in [2.75, 3.05) is 7.11 Å². The topological polar surface area (TPSA) is 82.3 Å². The van der Waals surface area contributed by atoms with Crippen LogP contribution in [-0.4, -0.2) is 23.0 Å². The van der Waals surface area contributed by atoms with E-state index in [2.05, 4.69) is 9.72 Å². The molecule has 0 radical (unpaired) electrons. The molecule has 0 aliphatic heterocycles. The maximum atomic E-state index is 11.0. The molecule has 0 atom stereocenters. The number of non-ortho nitro benzene ring substituents is 1. The van der Waals surface area contributed by atoms with Crippen LogP contribution in [0.4, 0.5) is 5.69 Å². The van der Waals surface area contributed by atoms with E-state index in [4.69, 9.17) is 0 Å². The summed E-state index contributed by atoms with van der Waals surface area (Å²) in [7, 11) is 1.34. The van der Waals surface area contributed by atoms with Crippen LogP contribution in [-0.2, 0) is 16.0 Å². The van der Waals surface area contributed by atoms with E-state index in [0.29, 0.717) is 17.3 Å². The van der Waals surface area contributed by atoms with Crippen LogP contribution in [0.3, 0.4) is 0 Å². The molecule has 2 rings (SSSR count). The molecule has 0 amide bonds. The second kappa shape index (κ2) is 5.43. The minimum Gasteiger partial charge on any atom is -0.469 e. The van der Waals surface area contributed by atoms with E-state index in [1.165, 1.54) is 19.2 Å². The van der Waals surface area contributed by atoms with Gasteiger partial charge in [-0.25, -0.2) is 0 Å². The van der Waals surface area contributed by atoms with E-state index < -0.39 is 4.92 Å². The molecule has 98 valence electrons. The Bertz CT molecular complexity index is 640. The molecule has 0 spiro atoms. The third-order valence-corrected chi connectivity index (χ3v) is 2.75. The number of pyridine rings is 1. The fraction of sp³-hybridized carbons (Fsp3) is 0.231. The second-order valence-corrected chi connectivity index (χ2v) is 4.01. The lowest BCUT2D eigenvalue weighted by Crippen LogP contribution is -2.03. The summed E-state index contributed by atoms with van der Waals surface area (Å²) >= 11 is 0. The molecule has 0 N–H and O–H groups in total. The Balaban J connectivity index is 2.24. The van der Waals surface area contributed by atoms with Crippen molar-refractivity contribution < 1.29 is 14.5 Å². The van der Waals surface area contributed by atoms with Crippen molar-refractivity contribution in [3.63, 3.8) is 0 Å². The maximum Gasteiger partial charge on any atom is 0.305 e. The number of esters is 1. The molecule has 1 aromatic carbocycles. The number of carbonyl (C=O) groups excluding carboxylic acids is 1. The van der Waals surface area contributed by atoms with Crippen molar-refractivity contribution in [3.8, 4) is 0 Å². The molecule has 0 aliphatic rings. The average molecular weight is 260 g/mol. The van der Waals surface area contributed by atoms with Crippen molar-refractivity contribution in [1.82, 2.24) is 4.98 Å². The summed E-state index contributed by atoms with van der Waals surface area (Å²) in [5.74, 6) is -0.286. The van der Waals surface area contributed by atoms with Crippen molar-refractivity contribution >= 4 is 22.6 Å². The molecular formula is C13H12N2O4. The van der Waals surface area contributed by atoms with Crippen LogP contribution >= 0.6 is 0 Å². The lowest BCUT2D eigenvalue weighted by Gasteiger charge is -2.02. The van der Waals surface area contributed by atoms with Crippen LogP contribution in [0.1, 0.15) is 12.1 Å². The zero-order chi connectivity index (χ0) is 13.8. The van der Waals surface area contributed by atoms with Crippen molar-refractivity contribution in [2.24, 2.45) is 0 Å². The Morgan fingerprint density at radius 2 is 2.16 bits per heavy atom. The Kier molecular flexibility index (Phi) is 3.70. The number of carbonyl (C=O) groups is 1. The number of fused-ring (bicyclic) bond motifs is 1. The number of nitro benzene ring substituents is 1. The van der Waals surface area contributed by atoms with Crippen LogP contribution in [0.2, 0.25) is 0 Å². The summed E-state index contributed by atoms with van der Waals surface area (Å²) in [4.78, 5) is 25.6. The van der Waals surface area contributed by atoms with Crippen LogP contribution < -0.4 is 0 Å². The number of hydrogen-bond donors (Lipinski definition) is 0. The summed E-state index contributed by atoms with van der Waals surface area (Å²) in [6, 6.07) is 8.03. The number of aryl methyl sites for hydroxylation is 1. The predicted molar refractivity (Wildman–Crippen MR) is 68.7 cm³/mol. The molecule has 0 bridgehead atoms. The van der Waals surface area contributed by atoms with Crippen LogP contribution in [0.25, 0.3) is 10.9 Å². The molecule has 0 saturated heterocycles. The minimum absolute atomic E-state index is 0.0385. The molecule has 0 saturated carbocycles. The zero-order valence-corrected chi connectivity index (χ0v) is 10.3. The van der Waals surface area contributed by atoms with E-state index in [1.54, 1.807) is 18.2 Å². The lowest BCUT2D eigenvalue weighted by molar-refractivity contribution is -0.384. The molecule has 0 fully saturated rings. The van der Waals surface area contributed by atoms with Gasteiger partial charge >= 0.3 is 5.97 Å². The third kappa shape index (κ3) is 3.04. The van der Waals surface area contributed by atoms with Crippen LogP contribution in [0, 0.1) is 10.1 Å². The summed E-state index contributed by atoms with van der Waals surface area (Å²) in [5, 5.41) is 11.4. The average Bonchev–Trinajstić information content (AvgIpc) is 2.43. The Hall–Kier alpha value is -2.50. The van der Waals surface area contributed by atoms with Crippen LogP contribution in [0.5, 0.6) is 0 Å². The molecule has 2 aromatic rings. The van der Waals surface area contributed by atoms with Gasteiger partial charge in [-0.1, -0.05) is 6.07 Å². The number of nitro groups is 1. The molecule has 6 heteroatoms. The molecule has 0 unspecified atom stereocenters. The van der Waals surface area contributed by atoms with Gasteiger partial charge in [-0.15, -0.1) is 0 Å². The van der Waals surface area contributed by atoms with E-state index in [-0.39, 0.29) is 18.1 Å². The first-order valence-corrected chi connectivity index (χ1v) is 5.71. The molecule has 1 aromatic heterocycles. The van der Waals surface area contributed by atoms with Gasteiger partial charge in [-0.05, 0) is 12.1 Å². The number of benzene rings is 1. The fourth-order valence-electron chi connectivity index (χ4n) is 1.74. The monoisotopic (exact) mass is 260 g/mol. The van der Waals surface area contributed by atoms with Gasteiger partial charge in [0, 0.05) is 29.6 Å². The Morgan fingerprint density at radius 1 is 1.37 bits per heavy atom. The number of hydrogen-bond acceptors (Lipinski definition) is 5. The summed E-state index contributed by atoms with van der Waals surface area (Å²) in [6.07, 6.45) is 0.752. The number of aromatic nitrogens is 1. The van der Waals surface area contributed by atoms with E-state index in [1.807, 2.05) is 0 Å². The van der Waals surface area contributed by atoms with Gasteiger partial charge in [0.1, 0.15) is 0 Å². The summed E-state index contributed by atoms with van der Waals surface area (Å²) in [5.41, 5.74) is 1.47. The first-order chi connectivity index (χ1) is 9.10. The molecule has 1 heterocycles. The SMILES string of the molecule is COC(=O)CCc1ccc2cc([N+](=O)[O-])ccc2n1. The van der Waals surface area contributed by atoms with Gasteiger partial charge in [0.15, 0.2) is 0 Å². The number of methoxy groups -OCH3 is 1. The second-order valence-electron chi connectivity index (χ2n) is 4.01. The highest BCUT2D eigenvalue weighted by Gasteiger charge is 2.08. The highest BCUT2D eigenvalue weighted by Crippen LogP contribution is 2.20. The minimum atomic E-state index is -0.440. The third-order valence-electron chi connectivity index (χ3n) is 2.75. The van der Waals surface area contributed by atoms with Crippen LogP contribution in [0.15, 0.2) is 30.3 Å². The highest BCUT2D eigenvalue weighted by atomic mass is 16.6. The van der Waals surface area contributed by atoms with Crippen molar-refractivity contribution in [1.29, 1.82) is 0 Å². The summed E-state index contributed by atoms with van der Waals surface area (Å²) < 4.78 is 4.56. The van der Waals surface area contributed by atoms with Gasteiger partial charge in [-0.3, -0.25) is 19.9 Å².